The van der Waals surface area contributed by atoms with E-state index < -0.39 is 4.92 Å². The summed E-state index contributed by atoms with van der Waals surface area (Å²) in [7, 11) is 0. The Bertz CT molecular complexity index is 358. The monoisotopic (exact) mass is 193 g/mol. The summed E-state index contributed by atoms with van der Waals surface area (Å²) in [4.78, 5) is 10.1. The van der Waals surface area contributed by atoms with Crippen LogP contribution in [-0.2, 0) is 0 Å². The van der Waals surface area contributed by atoms with Crippen LogP contribution >= 0.6 is 0 Å². The predicted molar refractivity (Wildman–Crippen MR) is 51.1 cm³/mol. The van der Waals surface area contributed by atoms with E-state index in [2.05, 4.69) is 0 Å². The number of aliphatic hydroxyl groups is 1. The second-order valence-electron chi connectivity index (χ2n) is 3.67. The quantitative estimate of drug-likeness (QED) is 0.575. The molecule has 14 heavy (non-hydrogen) atoms. The fraction of sp³-hybridized carbons (Fsp3) is 0.400. The van der Waals surface area contributed by atoms with Gasteiger partial charge in [-0.3, -0.25) is 10.1 Å². The molecule has 0 heterocycles. The summed E-state index contributed by atoms with van der Waals surface area (Å²) in [6.45, 7) is 0. The number of nitrogens with zero attached hydrogens (tertiary/aromatic N) is 1. The Morgan fingerprint density at radius 2 is 2.14 bits per heavy atom. The Morgan fingerprint density at radius 3 is 2.71 bits per heavy atom. The van der Waals surface area contributed by atoms with Crippen LogP contribution in [0.25, 0.3) is 0 Å². The number of non-ortho nitro benzene ring substituents is 1. The third kappa shape index (κ3) is 1.61. The second kappa shape index (κ2) is 3.38. The number of benzene rings is 1. The van der Waals surface area contributed by atoms with Gasteiger partial charge in [0.15, 0.2) is 0 Å². The zero-order valence-electron chi connectivity index (χ0n) is 7.59. The maximum absolute atomic E-state index is 10.5. The molecule has 4 heteroatoms. The molecule has 0 unspecified atom stereocenters. The number of hydrogen-bond acceptors (Lipinski definition) is 3. The van der Waals surface area contributed by atoms with Gasteiger partial charge in [0, 0.05) is 12.1 Å². The third-order valence-corrected chi connectivity index (χ3v) is 2.67. The van der Waals surface area contributed by atoms with Crippen molar-refractivity contribution < 1.29 is 10.0 Å². The normalized spacial score (nSPS) is 25.5. The molecule has 1 aliphatic rings. The maximum atomic E-state index is 10.5. The molecule has 4 nitrogen and oxygen atoms in total. The van der Waals surface area contributed by atoms with E-state index in [1.807, 2.05) is 6.07 Å². The van der Waals surface area contributed by atoms with E-state index in [0.29, 0.717) is 5.92 Å². The highest BCUT2D eigenvalue weighted by Crippen LogP contribution is 2.37. The standard InChI is InChI=1S/C10H11NO3/c12-10-5-8(6-10)7-2-1-3-9(4-7)11(13)14/h1-4,8,10,12H,5-6H2. The van der Waals surface area contributed by atoms with Gasteiger partial charge in [-0.1, -0.05) is 12.1 Å². The number of rotatable bonds is 2. The van der Waals surface area contributed by atoms with Crippen LogP contribution in [0, 0.1) is 10.1 Å². The van der Waals surface area contributed by atoms with Gasteiger partial charge in [-0.05, 0) is 24.3 Å². The molecule has 74 valence electrons. The second-order valence-corrected chi connectivity index (χ2v) is 3.67. The molecule has 0 bridgehead atoms. The Kier molecular flexibility index (Phi) is 2.21. The van der Waals surface area contributed by atoms with Crippen molar-refractivity contribution >= 4 is 5.69 Å². The van der Waals surface area contributed by atoms with E-state index in [0.717, 1.165) is 18.4 Å². The van der Waals surface area contributed by atoms with Crippen molar-refractivity contribution in [3.8, 4) is 0 Å². The molecule has 0 aliphatic heterocycles. The van der Waals surface area contributed by atoms with Crippen molar-refractivity contribution in [3.05, 3.63) is 39.9 Å². The average Bonchev–Trinajstić information content (AvgIpc) is 2.13. The SMILES string of the molecule is O=[N+]([O-])c1cccc(C2CC(O)C2)c1. The van der Waals surface area contributed by atoms with Gasteiger partial charge in [-0.2, -0.15) is 0 Å². The zero-order valence-corrected chi connectivity index (χ0v) is 7.59. The summed E-state index contributed by atoms with van der Waals surface area (Å²) < 4.78 is 0. The van der Waals surface area contributed by atoms with Crippen molar-refractivity contribution in [2.24, 2.45) is 0 Å². The lowest BCUT2D eigenvalue weighted by molar-refractivity contribution is -0.384. The molecule has 1 aliphatic carbocycles. The lowest BCUT2D eigenvalue weighted by atomic mass is 9.77. The molecule has 0 spiro atoms. The molecule has 1 aromatic rings. The van der Waals surface area contributed by atoms with E-state index in [-0.39, 0.29) is 11.8 Å². The maximum Gasteiger partial charge on any atom is 0.269 e. The molecule has 0 radical (unpaired) electrons. The summed E-state index contributed by atoms with van der Waals surface area (Å²) >= 11 is 0. The number of nitro benzene ring substituents is 1. The van der Waals surface area contributed by atoms with Crippen LogP contribution in [0.4, 0.5) is 5.69 Å². The van der Waals surface area contributed by atoms with Crippen molar-refractivity contribution in [2.45, 2.75) is 24.9 Å². The van der Waals surface area contributed by atoms with Crippen LogP contribution < -0.4 is 0 Å². The molecule has 1 fully saturated rings. The summed E-state index contributed by atoms with van der Waals surface area (Å²) in [6, 6.07) is 6.65. The Labute approximate surface area is 81.3 Å². The van der Waals surface area contributed by atoms with Gasteiger partial charge in [0.25, 0.3) is 5.69 Å². The van der Waals surface area contributed by atoms with Gasteiger partial charge in [0.2, 0.25) is 0 Å². The summed E-state index contributed by atoms with van der Waals surface area (Å²) in [5, 5.41) is 19.6. The zero-order chi connectivity index (χ0) is 10.1. The molecule has 1 N–H and O–H groups in total. The predicted octanol–water partition coefficient (Wildman–Crippen LogP) is 1.83. The average molecular weight is 193 g/mol. The topological polar surface area (TPSA) is 63.4 Å². The third-order valence-electron chi connectivity index (χ3n) is 2.67. The Balaban J connectivity index is 2.18. The van der Waals surface area contributed by atoms with Crippen molar-refractivity contribution in [1.29, 1.82) is 0 Å². The number of nitro groups is 1. The minimum absolute atomic E-state index is 0.129. The first-order valence-corrected chi connectivity index (χ1v) is 4.59. The fourth-order valence-electron chi connectivity index (χ4n) is 1.75. The summed E-state index contributed by atoms with van der Waals surface area (Å²) in [5.74, 6) is 0.296. The molecular weight excluding hydrogens is 182 g/mol. The highest BCUT2D eigenvalue weighted by atomic mass is 16.6. The van der Waals surface area contributed by atoms with Crippen LogP contribution in [0.5, 0.6) is 0 Å². The van der Waals surface area contributed by atoms with Gasteiger partial charge < -0.3 is 5.11 Å². The van der Waals surface area contributed by atoms with E-state index in [1.54, 1.807) is 12.1 Å². The molecule has 0 aromatic heterocycles. The fourth-order valence-corrected chi connectivity index (χ4v) is 1.75. The molecule has 0 atom stereocenters. The van der Waals surface area contributed by atoms with E-state index in [1.165, 1.54) is 6.07 Å². The Morgan fingerprint density at radius 1 is 1.43 bits per heavy atom. The molecule has 2 rings (SSSR count). The summed E-state index contributed by atoms with van der Waals surface area (Å²) in [5.41, 5.74) is 1.09. The lowest BCUT2D eigenvalue weighted by Gasteiger charge is -2.31. The lowest BCUT2D eigenvalue weighted by Crippen LogP contribution is -2.26. The van der Waals surface area contributed by atoms with Crippen molar-refractivity contribution in [2.75, 3.05) is 0 Å². The highest BCUT2D eigenvalue weighted by molar-refractivity contribution is 5.36. The van der Waals surface area contributed by atoms with Crippen LogP contribution in [0.2, 0.25) is 0 Å². The largest absolute Gasteiger partial charge is 0.393 e. The van der Waals surface area contributed by atoms with Crippen LogP contribution in [0.3, 0.4) is 0 Å². The van der Waals surface area contributed by atoms with E-state index >= 15 is 0 Å². The van der Waals surface area contributed by atoms with Gasteiger partial charge >= 0.3 is 0 Å². The first-order valence-electron chi connectivity index (χ1n) is 4.59. The van der Waals surface area contributed by atoms with Gasteiger partial charge in [-0.15, -0.1) is 0 Å². The van der Waals surface area contributed by atoms with Crippen LogP contribution in [0.1, 0.15) is 24.3 Å². The molecular formula is C10H11NO3. The van der Waals surface area contributed by atoms with E-state index in [9.17, 15) is 10.1 Å². The molecule has 0 amide bonds. The molecule has 0 saturated heterocycles. The molecule has 1 saturated carbocycles. The first-order chi connectivity index (χ1) is 6.66. The minimum atomic E-state index is -0.390. The smallest absolute Gasteiger partial charge is 0.269 e. The minimum Gasteiger partial charge on any atom is -0.393 e. The number of aliphatic hydroxyl groups excluding tert-OH is 1. The van der Waals surface area contributed by atoms with Gasteiger partial charge in [-0.25, -0.2) is 0 Å². The first kappa shape index (κ1) is 9.15. The van der Waals surface area contributed by atoms with E-state index in [4.69, 9.17) is 5.11 Å². The van der Waals surface area contributed by atoms with Gasteiger partial charge in [0.1, 0.15) is 0 Å². The van der Waals surface area contributed by atoms with Gasteiger partial charge in [0.05, 0.1) is 11.0 Å². The summed E-state index contributed by atoms with van der Waals surface area (Å²) in [6.07, 6.45) is 1.22. The highest BCUT2D eigenvalue weighted by Gasteiger charge is 2.29. The molecule has 1 aromatic carbocycles. The van der Waals surface area contributed by atoms with Crippen LogP contribution in [-0.4, -0.2) is 16.1 Å². The number of hydrogen-bond donors (Lipinski definition) is 1. The van der Waals surface area contributed by atoms with Crippen LogP contribution in [0.15, 0.2) is 24.3 Å². The van der Waals surface area contributed by atoms with Crippen molar-refractivity contribution in [1.82, 2.24) is 0 Å². The Hall–Kier alpha value is -1.42. The van der Waals surface area contributed by atoms with Crippen molar-refractivity contribution in [3.63, 3.8) is 0 Å².